The molecule has 1 unspecified atom stereocenters. The van der Waals surface area contributed by atoms with Crippen LogP contribution in [-0.2, 0) is 0 Å². The second-order valence-corrected chi connectivity index (χ2v) is 6.74. The van der Waals surface area contributed by atoms with Crippen molar-refractivity contribution in [2.75, 3.05) is 5.73 Å². The molecule has 3 rings (SSSR count). The number of nitrogens with two attached hydrogens (primary N) is 1. The van der Waals surface area contributed by atoms with E-state index in [0.717, 1.165) is 29.1 Å². The van der Waals surface area contributed by atoms with E-state index in [1.54, 1.807) is 0 Å². The van der Waals surface area contributed by atoms with Gasteiger partial charge in [0.1, 0.15) is 0 Å². The average Bonchev–Trinajstić information content (AvgIpc) is 2.87. The molecule has 1 saturated carbocycles. The Balaban J connectivity index is 2.09. The van der Waals surface area contributed by atoms with Crippen LogP contribution in [0.25, 0.3) is 11.4 Å². The highest BCUT2D eigenvalue weighted by Crippen LogP contribution is 2.45. The van der Waals surface area contributed by atoms with Crippen molar-refractivity contribution in [3.05, 3.63) is 23.8 Å². The standard InChI is InChI=1S/C16H23N5/c1-11-7-6-8-12(17)14(11)15-18-19-20-21(15)13-9-4-5-10-16(13,2)3/h6-8,13H,4-5,9-10,17H2,1-3H3. The molecule has 21 heavy (non-hydrogen) atoms. The van der Waals surface area contributed by atoms with Gasteiger partial charge in [-0.2, -0.15) is 0 Å². The van der Waals surface area contributed by atoms with Crippen molar-refractivity contribution in [3.63, 3.8) is 0 Å². The highest BCUT2D eigenvalue weighted by atomic mass is 15.6. The summed E-state index contributed by atoms with van der Waals surface area (Å²) in [5.41, 5.74) is 9.19. The molecular formula is C16H23N5. The summed E-state index contributed by atoms with van der Waals surface area (Å²) in [6, 6.07) is 6.26. The molecule has 112 valence electrons. The molecule has 0 bridgehead atoms. The molecule has 0 radical (unpaired) electrons. The summed E-state index contributed by atoms with van der Waals surface area (Å²) in [6.07, 6.45) is 4.85. The average molecular weight is 285 g/mol. The van der Waals surface area contributed by atoms with Crippen LogP contribution in [-0.4, -0.2) is 20.2 Å². The van der Waals surface area contributed by atoms with Crippen LogP contribution in [0, 0.1) is 12.3 Å². The minimum atomic E-state index is 0.208. The van der Waals surface area contributed by atoms with Gasteiger partial charge in [0.25, 0.3) is 0 Å². The van der Waals surface area contributed by atoms with Crippen LogP contribution in [0.1, 0.15) is 51.1 Å². The van der Waals surface area contributed by atoms with Crippen LogP contribution in [0.5, 0.6) is 0 Å². The molecule has 5 nitrogen and oxygen atoms in total. The summed E-state index contributed by atoms with van der Waals surface area (Å²) in [5, 5.41) is 12.5. The fourth-order valence-corrected chi connectivity index (χ4v) is 3.49. The summed E-state index contributed by atoms with van der Waals surface area (Å²) in [5.74, 6) is 0.797. The zero-order valence-electron chi connectivity index (χ0n) is 13.0. The number of anilines is 1. The van der Waals surface area contributed by atoms with E-state index in [2.05, 4.69) is 42.4 Å². The Morgan fingerprint density at radius 3 is 2.81 bits per heavy atom. The van der Waals surface area contributed by atoms with E-state index < -0.39 is 0 Å². The first-order chi connectivity index (χ1) is 10.0. The number of tetrazole rings is 1. The Morgan fingerprint density at radius 2 is 2.10 bits per heavy atom. The van der Waals surface area contributed by atoms with Crippen LogP contribution in [0.2, 0.25) is 0 Å². The second-order valence-electron chi connectivity index (χ2n) is 6.74. The Kier molecular flexibility index (Phi) is 3.43. The molecule has 1 aromatic heterocycles. The molecule has 0 spiro atoms. The topological polar surface area (TPSA) is 69.6 Å². The summed E-state index contributed by atoms with van der Waals surface area (Å²) in [4.78, 5) is 0. The molecule has 0 aliphatic heterocycles. The van der Waals surface area contributed by atoms with Gasteiger partial charge >= 0.3 is 0 Å². The zero-order chi connectivity index (χ0) is 15.0. The minimum Gasteiger partial charge on any atom is -0.398 e. The monoisotopic (exact) mass is 285 g/mol. The third kappa shape index (κ3) is 2.41. The van der Waals surface area contributed by atoms with Gasteiger partial charge in [-0.05, 0) is 47.2 Å². The maximum atomic E-state index is 6.17. The number of hydrogen-bond acceptors (Lipinski definition) is 4. The molecule has 2 aromatic rings. The molecule has 0 amide bonds. The third-order valence-electron chi connectivity index (χ3n) is 4.77. The minimum absolute atomic E-state index is 0.208. The lowest BCUT2D eigenvalue weighted by molar-refractivity contribution is 0.132. The molecule has 5 heteroatoms. The number of nitrogen functional groups attached to an aromatic ring is 1. The van der Waals surface area contributed by atoms with Gasteiger partial charge in [-0.15, -0.1) is 5.10 Å². The lowest BCUT2D eigenvalue weighted by Gasteiger charge is -2.38. The number of benzene rings is 1. The molecule has 1 fully saturated rings. The Hall–Kier alpha value is -1.91. The second kappa shape index (κ2) is 5.13. The van der Waals surface area contributed by atoms with Gasteiger partial charge in [-0.25, -0.2) is 4.68 Å². The molecule has 1 atom stereocenters. The van der Waals surface area contributed by atoms with Crippen molar-refractivity contribution < 1.29 is 0 Å². The van der Waals surface area contributed by atoms with Crippen molar-refractivity contribution in [1.29, 1.82) is 0 Å². The maximum Gasteiger partial charge on any atom is 0.184 e. The van der Waals surface area contributed by atoms with Gasteiger partial charge in [0.15, 0.2) is 5.82 Å². The highest BCUT2D eigenvalue weighted by Gasteiger charge is 2.36. The van der Waals surface area contributed by atoms with Gasteiger partial charge in [-0.1, -0.05) is 38.8 Å². The summed E-state index contributed by atoms with van der Waals surface area (Å²) in [6.45, 7) is 6.67. The van der Waals surface area contributed by atoms with Gasteiger partial charge < -0.3 is 5.73 Å². The van der Waals surface area contributed by atoms with Crippen molar-refractivity contribution in [3.8, 4) is 11.4 Å². The molecule has 1 heterocycles. The molecule has 1 aliphatic rings. The lowest BCUT2D eigenvalue weighted by atomic mass is 9.73. The van der Waals surface area contributed by atoms with Crippen LogP contribution < -0.4 is 5.73 Å². The van der Waals surface area contributed by atoms with Crippen LogP contribution in [0.15, 0.2) is 18.2 Å². The predicted molar refractivity (Wildman–Crippen MR) is 83.7 cm³/mol. The Morgan fingerprint density at radius 1 is 1.29 bits per heavy atom. The number of aromatic nitrogens is 4. The Labute approximate surface area is 125 Å². The van der Waals surface area contributed by atoms with Gasteiger partial charge in [0.2, 0.25) is 0 Å². The zero-order valence-corrected chi connectivity index (χ0v) is 13.0. The third-order valence-corrected chi connectivity index (χ3v) is 4.77. The highest BCUT2D eigenvalue weighted by molar-refractivity contribution is 5.74. The normalized spacial score (nSPS) is 21.4. The number of hydrogen-bond donors (Lipinski definition) is 1. The number of rotatable bonds is 2. The first-order valence-electron chi connectivity index (χ1n) is 7.64. The number of aryl methyl sites for hydroxylation is 1. The van der Waals surface area contributed by atoms with E-state index in [4.69, 9.17) is 5.73 Å². The molecule has 1 aliphatic carbocycles. The first-order valence-corrected chi connectivity index (χ1v) is 7.64. The van der Waals surface area contributed by atoms with E-state index in [1.165, 1.54) is 19.3 Å². The summed E-state index contributed by atoms with van der Waals surface area (Å²) >= 11 is 0. The van der Waals surface area contributed by atoms with Crippen LogP contribution in [0.4, 0.5) is 5.69 Å². The van der Waals surface area contributed by atoms with Gasteiger partial charge in [0.05, 0.1) is 6.04 Å². The van der Waals surface area contributed by atoms with Crippen molar-refractivity contribution in [1.82, 2.24) is 20.2 Å². The molecular weight excluding hydrogens is 262 g/mol. The molecule has 1 aromatic carbocycles. The fourth-order valence-electron chi connectivity index (χ4n) is 3.49. The van der Waals surface area contributed by atoms with Crippen LogP contribution in [0.3, 0.4) is 0 Å². The van der Waals surface area contributed by atoms with Gasteiger partial charge in [-0.3, -0.25) is 0 Å². The van der Waals surface area contributed by atoms with Crippen LogP contribution >= 0.6 is 0 Å². The van der Waals surface area contributed by atoms with E-state index >= 15 is 0 Å². The first kappa shape index (κ1) is 14.0. The smallest absolute Gasteiger partial charge is 0.184 e. The van der Waals surface area contributed by atoms with Crippen molar-refractivity contribution in [2.45, 2.75) is 52.5 Å². The van der Waals surface area contributed by atoms with Gasteiger partial charge in [0, 0.05) is 11.3 Å². The molecule has 2 N–H and O–H groups in total. The van der Waals surface area contributed by atoms with E-state index in [9.17, 15) is 0 Å². The van der Waals surface area contributed by atoms with E-state index in [0.29, 0.717) is 6.04 Å². The summed E-state index contributed by atoms with van der Waals surface area (Å²) < 4.78 is 2.00. The Bertz CT molecular complexity index is 624. The van der Waals surface area contributed by atoms with E-state index in [-0.39, 0.29) is 5.41 Å². The maximum absolute atomic E-state index is 6.17. The summed E-state index contributed by atoms with van der Waals surface area (Å²) in [7, 11) is 0. The predicted octanol–water partition coefficient (Wildman–Crippen LogP) is 3.37. The van der Waals surface area contributed by atoms with Crippen molar-refractivity contribution >= 4 is 5.69 Å². The largest absolute Gasteiger partial charge is 0.398 e. The van der Waals surface area contributed by atoms with E-state index in [1.807, 2.05) is 16.8 Å². The SMILES string of the molecule is Cc1cccc(N)c1-c1nnnn1C1CCCCC1(C)C. The number of nitrogens with zero attached hydrogens (tertiary/aromatic N) is 4. The van der Waals surface area contributed by atoms with Crippen molar-refractivity contribution in [2.24, 2.45) is 5.41 Å². The fraction of sp³-hybridized carbons (Fsp3) is 0.562. The lowest BCUT2D eigenvalue weighted by Crippen LogP contribution is -2.31. The quantitative estimate of drug-likeness (QED) is 0.859. The molecule has 0 saturated heterocycles.